The van der Waals surface area contributed by atoms with E-state index in [1.807, 2.05) is 18.2 Å². The van der Waals surface area contributed by atoms with Crippen molar-refractivity contribution in [2.45, 2.75) is 61.8 Å². The van der Waals surface area contributed by atoms with E-state index in [0.29, 0.717) is 18.0 Å². The van der Waals surface area contributed by atoms with E-state index >= 15 is 0 Å². The molecule has 23 heavy (non-hydrogen) atoms. The van der Waals surface area contributed by atoms with Gasteiger partial charge in [0.25, 0.3) is 0 Å². The molecule has 2 aliphatic rings. The fourth-order valence-electron chi connectivity index (χ4n) is 3.84. The van der Waals surface area contributed by atoms with E-state index in [4.69, 9.17) is 0 Å². The number of rotatable bonds is 5. The van der Waals surface area contributed by atoms with Crippen molar-refractivity contribution >= 4 is 17.7 Å². The Labute approximate surface area is 144 Å². The molecule has 0 saturated carbocycles. The molecular formula is C19H28N2OS. The molecule has 2 saturated heterocycles. The van der Waals surface area contributed by atoms with Gasteiger partial charge in [0, 0.05) is 23.5 Å². The summed E-state index contributed by atoms with van der Waals surface area (Å²) in [5, 5.41) is 0.0391. The molecule has 3 atom stereocenters. The van der Waals surface area contributed by atoms with Crippen LogP contribution in [-0.4, -0.2) is 52.7 Å². The van der Waals surface area contributed by atoms with Gasteiger partial charge in [-0.2, -0.15) is 0 Å². The first kappa shape index (κ1) is 16.8. The molecule has 126 valence electrons. The SMILES string of the molecule is CC[C@H](Sc1ccccc1)C(=O)N1C[C@H](N2CCCC2)C[C@@H]1C. The summed E-state index contributed by atoms with van der Waals surface area (Å²) in [5.74, 6) is 0.329. The number of carbonyl (C=O) groups excluding carboxylic acids is 1. The van der Waals surface area contributed by atoms with Crippen molar-refractivity contribution in [2.24, 2.45) is 0 Å². The molecular weight excluding hydrogens is 304 g/mol. The van der Waals surface area contributed by atoms with E-state index in [1.54, 1.807) is 11.8 Å². The minimum atomic E-state index is 0.0391. The third-order valence-corrected chi connectivity index (χ3v) is 6.52. The molecule has 0 spiro atoms. The zero-order valence-electron chi connectivity index (χ0n) is 14.3. The number of thioether (sulfide) groups is 1. The Kier molecular flexibility index (Phi) is 5.65. The number of carbonyl (C=O) groups is 1. The predicted molar refractivity (Wildman–Crippen MR) is 96.8 cm³/mol. The molecule has 3 nitrogen and oxygen atoms in total. The standard InChI is InChI=1S/C19H28N2OS/c1-3-18(23-17-9-5-4-6-10-17)19(22)21-14-16(13-15(21)2)20-11-7-8-12-20/h4-6,9-10,15-16,18H,3,7-8,11-14H2,1-2H3/t15-,16+,18-/m0/s1. The monoisotopic (exact) mass is 332 g/mol. The normalized spacial score (nSPS) is 26.6. The highest BCUT2D eigenvalue weighted by Crippen LogP contribution is 2.31. The lowest BCUT2D eigenvalue weighted by Gasteiger charge is -2.27. The maximum atomic E-state index is 13.0. The molecule has 3 rings (SSSR count). The van der Waals surface area contributed by atoms with Gasteiger partial charge in [-0.25, -0.2) is 0 Å². The van der Waals surface area contributed by atoms with E-state index in [1.165, 1.54) is 30.8 Å². The number of likely N-dealkylation sites (tertiary alicyclic amines) is 2. The van der Waals surface area contributed by atoms with Gasteiger partial charge in [0.15, 0.2) is 0 Å². The number of benzene rings is 1. The molecule has 1 amide bonds. The molecule has 2 heterocycles. The maximum absolute atomic E-state index is 13.0. The van der Waals surface area contributed by atoms with Crippen LogP contribution in [0.3, 0.4) is 0 Å². The van der Waals surface area contributed by atoms with Crippen LogP contribution < -0.4 is 0 Å². The molecule has 0 unspecified atom stereocenters. The second kappa shape index (κ2) is 7.71. The summed E-state index contributed by atoms with van der Waals surface area (Å²) in [4.78, 5) is 19.0. The van der Waals surface area contributed by atoms with Gasteiger partial charge in [0.2, 0.25) is 5.91 Å². The Morgan fingerprint density at radius 1 is 1.26 bits per heavy atom. The van der Waals surface area contributed by atoms with Gasteiger partial charge in [-0.05, 0) is 57.8 Å². The fraction of sp³-hybridized carbons (Fsp3) is 0.632. The maximum Gasteiger partial charge on any atom is 0.236 e. The van der Waals surface area contributed by atoms with Crippen LogP contribution in [0.15, 0.2) is 35.2 Å². The average Bonchev–Trinajstić information content (AvgIpc) is 3.22. The molecule has 1 aromatic carbocycles. The minimum Gasteiger partial charge on any atom is -0.337 e. The number of hydrogen-bond acceptors (Lipinski definition) is 3. The molecule has 0 N–H and O–H groups in total. The van der Waals surface area contributed by atoms with Crippen molar-refractivity contribution in [1.29, 1.82) is 0 Å². The Morgan fingerprint density at radius 2 is 1.96 bits per heavy atom. The van der Waals surface area contributed by atoms with Crippen molar-refractivity contribution in [3.63, 3.8) is 0 Å². The molecule has 2 fully saturated rings. The summed E-state index contributed by atoms with van der Waals surface area (Å²) in [6.45, 7) is 7.70. The molecule has 1 aromatic rings. The van der Waals surface area contributed by atoms with Crippen molar-refractivity contribution < 1.29 is 4.79 Å². The lowest BCUT2D eigenvalue weighted by Crippen LogP contribution is -2.41. The summed E-state index contributed by atoms with van der Waals surface area (Å²) in [6, 6.07) is 11.3. The first-order valence-corrected chi connectivity index (χ1v) is 9.83. The molecule has 4 heteroatoms. The van der Waals surface area contributed by atoms with Crippen LogP contribution in [-0.2, 0) is 4.79 Å². The zero-order valence-corrected chi connectivity index (χ0v) is 15.1. The summed E-state index contributed by atoms with van der Waals surface area (Å²) >= 11 is 1.71. The molecule has 0 bridgehead atoms. The lowest BCUT2D eigenvalue weighted by atomic mass is 10.2. The first-order valence-electron chi connectivity index (χ1n) is 8.95. The third kappa shape index (κ3) is 3.92. The highest BCUT2D eigenvalue weighted by molar-refractivity contribution is 8.00. The van der Waals surface area contributed by atoms with Gasteiger partial charge in [-0.1, -0.05) is 25.1 Å². The van der Waals surface area contributed by atoms with Gasteiger partial charge in [0.05, 0.1) is 5.25 Å². The van der Waals surface area contributed by atoms with E-state index in [-0.39, 0.29) is 5.25 Å². The Balaban J connectivity index is 1.63. The zero-order chi connectivity index (χ0) is 16.2. The second-order valence-corrected chi connectivity index (χ2v) is 8.08. The predicted octanol–water partition coefficient (Wildman–Crippen LogP) is 3.64. The molecule has 0 aliphatic carbocycles. The quantitative estimate of drug-likeness (QED) is 0.769. The third-order valence-electron chi connectivity index (χ3n) is 5.16. The number of nitrogens with zero attached hydrogens (tertiary/aromatic N) is 2. The number of amides is 1. The first-order chi connectivity index (χ1) is 11.2. The van der Waals surface area contributed by atoms with Crippen LogP contribution in [0.25, 0.3) is 0 Å². The van der Waals surface area contributed by atoms with Gasteiger partial charge in [-0.15, -0.1) is 11.8 Å². The summed E-state index contributed by atoms with van der Waals surface area (Å²) in [7, 11) is 0. The second-order valence-electron chi connectivity index (χ2n) is 6.80. The van der Waals surface area contributed by atoms with Crippen molar-refractivity contribution in [3.8, 4) is 0 Å². The van der Waals surface area contributed by atoms with E-state index < -0.39 is 0 Å². The van der Waals surface area contributed by atoms with Crippen LogP contribution in [0.1, 0.15) is 39.5 Å². The van der Waals surface area contributed by atoms with E-state index in [2.05, 4.69) is 35.8 Å². The summed E-state index contributed by atoms with van der Waals surface area (Å²) < 4.78 is 0. The van der Waals surface area contributed by atoms with Crippen LogP contribution in [0.2, 0.25) is 0 Å². The largest absolute Gasteiger partial charge is 0.337 e. The van der Waals surface area contributed by atoms with Crippen LogP contribution >= 0.6 is 11.8 Å². The molecule has 0 radical (unpaired) electrons. The fourth-order valence-corrected chi connectivity index (χ4v) is 4.88. The minimum absolute atomic E-state index is 0.0391. The lowest BCUT2D eigenvalue weighted by molar-refractivity contribution is -0.131. The smallest absolute Gasteiger partial charge is 0.236 e. The molecule has 2 aliphatic heterocycles. The van der Waals surface area contributed by atoms with Crippen molar-refractivity contribution in [2.75, 3.05) is 19.6 Å². The highest BCUT2D eigenvalue weighted by Gasteiger charge is 2.38. The molecule has 0 aromatic heterocycles. The number of hydrogen-bond donors (Lipinski definition) is 0. The van der Waals surface area contributed by atoms with Crippen molar-refractivity contribution in [1.82, 2.24) is 9.80 Å². The van der Waals surface area contributed by atoms with Crippen molar-refractivity contribution in [3.05, 3.63) is 30.3 Å². The Morgan fingerprint density at radius 3 is 2.61 bits per heavy atom. The van der Waals surface area contributed by atoms with Gasteiger partial charge < -0.3 is 4.90 Å². The topological polar surface area (TPSA) is 23.6 Å². The van der Waals surface area contributed by atoms with E-state index in [9.17, 15) is 4.79 Å². The van der Waals surface area contributed by atoms with Gasteiger partial charge >= 0.3 is 0 Å². The van der Waals surface area contributed by atoms with Crippen LogP contribution in [0.4, 0.5) is 0 Å². The highest BCUT2D eigenvalue weighted by atomic mass is 32.2. The summed E-state index contributed by atoms with van der Waals surface area (Å²) in [6.07, 6.45) is 4.66. The van der Waals surface area contributed by atoms with E-state index in [0.717, 1.165) is 19.4 Å². The van der Waals surface area contributed by atoms with Crippen LogP contribution in [0, 0.1) is 0 Å². The summed E-state index contributed by atoms with van der Waals surface area (Å²) in [5.41, 5.74) is 0. The van der Waals surface area contributed by atoms with Gasteiger partial charge in [-0.3, -0.25) is 9.69 Å². The van der Waals surface area contributed by atoms with Gasteiger partial charge in [0.1, 0.15) is 0 Å². The van der Waals surface area contributed by atoms with Crippen LogP contribution in [0.5, 0.6) is 0 Å². The Hall–Kier alpha value is -1.00. The average molecular weight is 333 g/mol. The Bertz CT molecular complexity index is 515.